The molecule has 0 radical (unpaired) electrons. The molecule has 0 bridgehead atoms. The Morgan fingerprint density at radius 1 is 1.05 bits per heavy atom. The molecule has 128 valence electrons. The van der Waals surface area contributed by atoms with Crippen molar-refractivity contribution < 1.29 is 9.53 Å². The predicted molar refractivity (Wildman–Crippen MR) is 95.9 cm³/mol. The fourth-order valence-corrected chi connectivity index (χ4v) is 2.02. The lowest BCUT2D eigenvalue weighted by Crippen LogP contribution is -2.23. The Balaban J connectivity index is 3.83. The zero-order valence-corrected chi connectivity index (χ0v) is 15.8. The minimum absolute atomic E-state index is 0.102. The smallest absolute Gasteiger partial charge is 0.311 e. The first-order chi connectivity index (χ1) is 10.1. The molecule has 0 aromatic carbocycles. The molecule has 0 aromatic rings. The molecule has 0 heterocycles. The van der Waals surface area contributed by atoms with Gasteiger partial charge < -0.3 is 4.74 Å². The van der Waals surface area contributed by atoms with Crippen molar-refractivity contribution in [1.29, 1.82) is 0 Å². The number of carbonyl (C=O) groups is 1. The highest BCUT2D eigenvalue weighted by Crippen LogP contribution is 2.17. The summed E-state index contributed by atoms with van der Waals surface area (Å²) in [7, 11) is 0. The Labute approximate surface area is 138 Å². The van der Waals surface area contributed by atoms with Crippen LogP contribution in [0.1, 0.15) is 80.6 Å². The summed E-state index contributed by atoms with van der Waals surface area (Å²) in [4.78, 5) is 11.7. The molecule has 2 heteroatoms. The fourth-order valence-electron chi connectivity index (χ4n) is 2.02. The van der Waals surface area contributed by atoms with E-state index in [4.69, 9.17) is 4.74 Å². The Morgan fingerprint density at radius 3 is 2.23 bits per heavy atom. The first-order valence-corrected chi connectivity index (χ1v) is 8.59. The van der Waals surface area contributed by atoms with Gasteiger partial charge in [0.15, 0.2) is 0 Å². The maximum Gasteiger partial charge on any atom is 0.311 e. The maximum absolute atomic E-state index is 11.7. The summed E-state index contributed by atoms with van der Waals surface area (Å²) in [6, 6.07) is 0. The van der Waals surface area contributed by atoms with Crippen LogP contribution in [-0.2, 0) is 9.53 Å². The summed E-state index contributed by atoms with van der Waals surface area (Å²) in [5, 5.41) is 0. The van der Waals surface area contributed by atoms with E-state index in [1.165, 1.54) is 11.1 Å². The third kappa shape index (κ3) is 11.6. The summed E-state index contributed by atoms with van der Waals surface area (Å²) < 4.78 is 5.32. The SMILES string of the molecule is CC(C)=CCC/C(C)=C/CC[C@H](C)CCOC(=O)C(C)(C)C. The van der Waals surface area contributed by atoms with E-state index >= 15 is 0 Å². The van der Waals surface area contributed by atoms with Crippen LogP contribution in [0.3, 0.4) is 0 Å². The van der Waals surface area contributed by atoms with Gasteiger partial charge in [0.1, 0.15) is 0 Å². The predicted octanol–water partition coefficient (Wildman–Crippen LogP) is 6.07. The zero-order valence-electron chi connectivity index (χ0n) is 15.8. The van der Waals surface area contributed by atoms with Crippen LogP contribution >= 0.6 is 0 Å². The molecule has 0 aliphatic rings. The third-order valence-corrected chi connectivity index (χ3v) is 3.70. The van der Waals surface area contributed by atoms with E-state index in [-0.39, 0.29) is 5.97 Å². The van der Waals surface area contributed by atoms with E-state index < -0.39 is 5.41 Å². The summed E-state index contributed by atoms with van der Waals surface area (Å²) in [5.41, 5.74) is 2.48. The van der Waals surface area contributed by atoms with Crippen LogP contribution in [0, 0.1) is 11.3 Å². The van der Waals surface area contributed by atoms with Gasteiger partial charge in [0.05, 0.1) is 12.0 Å². The lowest BCUT2D eigenvalue weighted by molar-refractivity contribution is -0.153. The van der Waals surface area contributed by atoms with Gasteiger partial charge in [0.25, 0.3) is 0 Å². The molecule has 0 spiro atoms. The molecule has 0 fully saturated rings. The van der Waals surface area contributed by atoms with Crippen LogP contribution in [-0.4, -0.2) is 12.6 Å². The summed E-state index contributed by atoms with van der Waals surface area (Å²) in [6.45, 7) is 15.0. The lowest BCUT2D eigenvalue weighted by atomic mass is 9.97. The van der Waals surface area contributed by atoms with Gasteiger partial charge in [0, 0.05) is 0 Å². The van der Waals surface area contributed by atoms with Gasteiger partial charge >= 0.3 is 5.97 Å². The zero-order chi connectivity index (χ0) is 17.2. The molecule has 0 rings (SSSR count). The van der Waals surface area contributed by atoms with Crippen molar-refractivity contribution in [2.75, 3.05) is 6.61 Å². The molecule has 0 N–H and O–H groups in total. The molecule has 22 heavy (non-hydrogen) atoms. The van der Waals surface area contributed by atoms with Gasteiger partial charge in [-0.05, 0) is 79.6 Å². The van der Waals surface area contributed by atoms with Crippen LogP contribution in [0.15, 0.2) is 23.3 Å². The second kappa shape index (κ2) is 10.6. The number of rotatable bonds is 9. The number of hydrogen-bond donors (Lipinski definition) is 0. The van der Waals surface area contributed by atoms with Gasteiger partial charge in [-0.25, -0.2) is 0 Å². The molecule has 0 aliphatic carbocycles. The molecule has 0 aliphatic heterocycles. The summed E-state index contributed by atoms with van der Waals surface area (Å²) in [5.74, 6) is 0.490. The van der Waals surface area contributed by atoms with Gasteiger partial charge in [-0.2, -0.15) is 0 Å². The average Bonchev–Trinajstić information content (AvgIpc) is 2.37. The molecule has 0 saturated carbocycles. The molecule has 2 nitrogen and oxygen atoms in total. The molecular formula is C20H36O2. The van der Waals surface area contributed by atoms with Crippen LogP contribution < -0.4 is 0 Å². The molecule has 0 amide bonds. The Hall–Kier alpha value is -1.05. The monoisotopic (exact) mass is 308 g/mol. The third-order valence-electron chi connectivity index (χ3n) is 3.70. The molecule has 1 atom stereocenters. The highest BCUT2D eigenvalue weighted by molar-refractivity contribution is 5.75. The minimum atomic E-state index is -0.394. The first kappa shape index (κ1) is 20.9. The Kier molecular flexibility index (Phi) is 10.1. The number of esters is 1. The lowest BCUT2D eigenvalue weighted by Gasteiger charge is -2.17. The second-order valence-corrected chi connectivity index (χ2v) is 7.73. The van der Waals surface area contributed by atoms with Gasteiger partial charge in [-0.1, -0.05) is 30.2 Å². The van der Waals surface area contributed by atoms with Crippen molar-refractivity contribution in [3.8, 4) is 0 Å². The largest absolute Gasteiger partial charge is 0.465 e. The second-order valence-electron chi connectivity index (χ2n) is 7.73. The van der Waals surface area contributed by atoms with Gasteiger partial charge in [-0.15, -0.1) is 0 Å². The highest BCUT2D eigenvalue weighted by atomic mass is 16.5. The van der Waals surface area contributed by atoms with Crippen LogP contribution in [0.2, 0.25) is 0 Å². The molecular weight excluding hydrogens is 272 g/mol. The van der Waals surface area contributed by atoms with E-state index in [2.05, 4.69) is 39.8 Å². The van der Waals surface area contributed by atoms with E-state index in [1.54, 1.807) is 0 Å². The number of hydrogen-bond acceptors (Lipinski definition) is 2. The topological polar surface area (TPSA) is 26.3 Å². The van der Waals surface area contributed by atoms with Crippen molar-refractivity contribution in [2.24, 2.45) is 11.3 Å². The maximum atomic E-state index is 11.7. The van der Waals surface area contributed by atoms with Crippen LogP contribution in [0.25, 0.3) is 0 Å². The van der Waals surface area contributed by atoms with Crippen molar-refractivity contribution >= 4 is 5.97 Å². The summed E-state index contributed by atoms with van der Waals surface area (Å²) >= 11 is 0. The molecule has 0 unspecified atom stereocenters. The van der Waals surface area contributed by atoms with Crippen molar-refractivity contribution in [1.82, 2.24) is 0 Å². The quantitative estimate of drug-likeness (QED) is 0.381. The van der Waals surface area contributed by atoms with Crippen molar-refractivity contribution in [3.63, 3.8) is 0 Å². The number of carbonyl (C=O) groups excluding carboxylic acids is 1. The number of ether oxygens (including phenoxy) is 1. The Bertz CT molecular complexity index is 379. The van der Waals surface area contributed by atoms with E-state index in [1.807, 2.05) is 20.8 Å². The normalized spacial score (nSPS) is 13.7. The summed E-state index contributed by atoms with van der Waals surface area (Å²) in [6.07, 6.45) is 10.2. The fraction of sp³-hybridized carbons (Fsp3) is 0.750. The van der Waals surface area contributed by atoms with Crippen molar-refractivity contribution in [2.45, 2.75) is 80.6 Å². The van der Waals surface area contributed by atoms with Gasteiger partial charge in [0.2, 0.25) is 0 Å². The number of allylic oxidation sites excluding steroid dienone is 4. The highest BCUT2D eigenvalue weighted by Gasteiger charge is 2.22. The van der Waals surface area contributed by atoms with Crippen molar-refractivity contribution in [3.05, 3.63) is 23.3 Å². The first-order valence-electron chi connectivity index (χ1n) is 8.59. The average molecular weight is 309 g/mol. The Morgan fingerprint density at radius 2 is 1.68 bits per heavy atom. The molecule has 0 saturated heterocycles. The van der Waals surface area contributed by atoms with E-state index in [9.17, 15) is 4.79 Å². The minimum Gasteiger partial charge on any atom is -0.465 e. The van der Waals surface area contributed by atoms with Gasteiger partial charge in [-0.3, -0.25) is 4.79 Å². The van der Waals surface area contributed by atoms with Crippen LogP contribution in [0.5, 0.6) is 0 Å². The standard InChI is InChI=1S/C20H36O2/c1-16(2)10-8-11-17(3)12-9-13-18(4)14-15-22-19(21)20(5,6)7/h10,12,18H,8-9,11,13-15H2,1-7H3/b17-12+/t18-/m0/s1. The van der Waals surface area contributed by atoms with E-state index in [0.717, 1.165) is 32.1 Å². The van der Waals surface area contributed by atoms with Crippen LogP contribution in [0.4, 0.5) is 0 Å². The molecule has 0 aromatic heterocycles. The van der Waals surface area contributed by atoms with E-state index in [0.29, 0.717) is 12.5 Å².